The van der Waals surface area contributed by atoms with Crippen LogP contribution < -0.4 is 30.0 Å². The first kappa shape index (κ1) is 41.9. The lowest BCUT2D eigenvalue weighted by atomic mass is 10.4. The summed E-state index contributed by atoms with van der Waals surface area (Å²) in [6, 6.07) is 8.47. The number of amides is 2. The second-order valence-corrected chi connectivity index (χ2v) is 16.0. The molecule has 24 heteroatoms. The Hall–Kier alpha value is -3.50. The number of carbonyl (C=O) groups excluding carboxylic acids is 2. The molecule has 0 aliphatic rings. The Balaban J connectivity index is 0.000000276. The number of methoxy groups -OCH3 is 2. The number of rotatable bonds is 14. The highest BCUT2D eigenvalue weighted by atomic mass is 35.5. The second kappa shape index (κ2) is 18.8. The first-order valence-electron chi connectivity index (χ1n) is 13.5. The third-order valence-electron chi connectivity index (χ3n) is 5.69. The minimum absolute atomic E-state index is 0.00102. The fraction of sp³-hybridized carbons (Fsp3) is 0.185. The smallest absolute Gasteiger partial charge is 0.264 e. The fourth-order valence-electron chi connectivity index (χ4n) is 3.38. The lowest BCUT2D eigenvalue weighted by Crippen LogP contribution is -2.20. The number of carbonyl (C=O) groups is 2. The molecule has 0 saturated carbocycles. The Labute approximate surface area is 321 Å². The van der Waals surface area contributed by atoms with E-state index in [2.05, 4.69) is 34.7 Å². The Morgan fingerprint density at radius 1 is 0.745 bits per heavy atom. The Morgan fingerprint density at radius 3 is 1.53 bits per heavy atom. The average molecular weight is 861 g/mol. The van der Waals surface area contributed by atoms with E-state index < -0.39 is 26.0 Å². The molecule has 2 aromatic heterocycles. The lowest BCUT2D eigenvalue weighted by molar-refractivity contribution is -0.118. The zero-order valence-electron chi connectivity index (χ0n) is 26.3. The maximum absolute atomic E-state index is 12.5. The van der Waals surface area contributed by atoms with Gasteiger partial charge in [-0.3, -0.25) is 19.0 Å². The zero-order chi connectivity index (χ0) is 37.9. The SMILES string of the molecule is CNC(=O)CSc1cnc(NS(=O)(=O)c2cccc(Cl)c2Cl)c(OC)n1.COc1nc(SCC(N)=O)cnc1NS(=O)(=O)c1cccc(Cl)c1Cl. The van der Waals surface area contributed by atoms with Crippen molar-refractivity contribution >= 4 is 113 Å². The van der Waals surface area contributed by atoms with Crippen molar-refractivity contribution in [1.82, 2.24) is 25.3 Å². The number of primary amides is 1. The van der Waals surface area contributed by atoms with Gasteiger partial charge in [-0.05, 0) is 24.3 Å². The Kier molecular flexibility index (Phi) is 15.5. The van der Waals surface area contributed by atoms with Gasteiger partial charge in [-0.2, -0.15) is 0 Å². The van der Waals surface area contributed by atoms with E-state index in [-0.39, 0.29) is 70.7 Å². The molecule has 16 nitrogen and oxygen atoms in total. The number of anilines is 2. The van der Waals surface area contributed by atoms with Crippen LogP contribution in [0, 0.1) is 0 Å². The first-order chi connectivity index (χ1) is 24.0. The van der Waals surface area contributed by atoms with Crippen molar-refractivity contribution < 1.29 is 35.9 Å². The predicted molar refractivity (Wildman–Crippen MR) is 196 cm³/mol. The predicted octanol–water partition coefficient (Wildman–Crippen LogP) is 4.60. The third kappa shape index (κ3) is 11.8. The van der Waals surface area contributed by atoms with Crippen molar-refractivity contribution in [3.05, 3.63) is 68.9 Å². The van der Waals surface area contributed by atoms with Gasteiger partial charge < -0.3 is 20.5 Å². The van der Waals surface area contributed by atoms with Gasteiger partial charge in [0.1, 0.15) is 19.8 Å². The molecule has 0 saturated heterocycles. The summed E-state index contributed by atoms with van der Waals surface area (Å²) < 4.78 is 64.7. The van der Waals surface area contributed by atoms with E-state index in [0.29, 0.717) is 10.1 Å². The van der Waals surface area contributed by atoms with Crippen LogP contribution in [0.25, 0.3) is 0 Å². The number of benzene rings is 2. The summed E-state index contributed by atoms with van der Waals surface area (Å²) in [5, 5.41) is 3.21. The zero-order valence-corrected chi connectivity index (χ0v) is 32.6. The largest absolute Gasteiger partial charge is 0.478 e. The highest BCUT2D eigenvalue weighted by molar-refractivity contribution is 8.00. The van der Waals surface area contributed by atoms with E-state index in [1.54, 1.807) is 0 Å². The van der Waals surface area contributed by atoms with E-state index in [1.165, 1.54) is 70.1 Å². The number of nitrogens with zero attached hydrogens (tertiary/aromatic N) is 4. The number of ether oxygens (including phenoxy) is 2. The molecule has 0 aliphatic heterocycles. The maximum Gasteiger partial charge on any atom is 0.264 e. The molecule has 0 unspecified atom stereocenters. The van der Waals surface area contributed by atoms with Gasteiger partial charge in [0.2, 0.25) is 23.5 Å². The maximum atomic E-state index is 12.5. The van der Waals surface area contributed by atoms with Crippen molar-refractivity contribution in [3.8, 4) is 11.8 Å². The number of thioether (sulfide) groups is 2. The van der Waals surface area contributed by atoms with Crippen molar-refractivity contribution in [2.75, 3.05) is 42.2 Å². The quantitative estimate of drug-likeness (QED) is 0.127. The van der Waals surface area contributed by atoms with Crippen LogP contribution in [0.4, 0.5) is 11.6 Å². The summed E-state index contributed by atoms with van der Waals surface area (Å²) in [4.78, 5) is 37.8. The Bertz CT molecular complexity index is 2130. The van der Waals surface area contributed by atoms with Crippen molar-refractivity contribution in [1.29, 1.82) is 0 Å². The number of hydrogen-bond acceptors (Lipinski definition) is 14. The molecule has 274 valence electrons. The van der Waals surface area contributed by atoms with E-state index in [9.17, 15) is 26.4 Å². The molecule has 5 N–H and O–H groups in total. The molecule has 2 amide bonds. The topological polar surface area (TPSA) is 235 Å². The van der Waals surface area contributed by atoms with Crippen molar-refractivity contribution in [3.63, 3.8) is 0 Å². The molecule has 0 spiro atoms. The van der Waals surface area contributed by atoms with Crippen molar-refractivity contribution in [2.45, 2.75) is 19.8 Å². The summed E-state index contributed by atoms with van der Waals surface area (Å²) in [7, 11) is -3.98. The minimum atomic E-state index is -4.07. The van der Waals surface area contributed by atoms with E-state index >= 15 is 0 Å². The number of halogens is 4. The number of nitrogens with two attached hydrogens (primary N) is 1. The van der Waals surface area contributed by atoms with Crippen LogP contribution in [0.15, 0.2) is 68.6 Å². The van der Waals surface area contributed by atoms with Crippen LogP contribution in [-0.2, 0) is 29.6 Å². The molecule has 51 heavy (non-hydrogen) atoms. The molecule has 0 radical (unpaired) electrons. The average Bonchev–Trinajstić information content (AvgIpc) is 3.09. The fourth-order valence-corrected chi connectivity index (χ4v) is 8.18. The lowest BCUT2D eigenvalue weighted by Gasteiger charge is -2.12. The second-order valence-electron chi connectivity index (χ2n) is 9.16. The molecule has 4 rings (SSSR count). The number of aromatic nitrogens is 4. The minimum Gasteiger partial charge on any atom is -0.478 e. The van der Waals surface area contributed by atoms with Gasteiger partial charge in [0.15, 0.2) is 0 Å². The molecule has 0 fully saturated rings. The standard InChI is InChI=1S/C14H14Cl2N4O4S2.C13H12Cl2N4O4S2/c1-17-10(21)7-25-11-6-18-13(14(19-11)24-2)20-26(22,23)9-5-3-4-8(15)12(9)16;1-23-13-12(17-5-10(18-13)24-6-9(16)20)19-25(21,22)8-4-2-3-7(14)11(8)15/h3-6H,7H2,1-2H3,(H,17,21)(H,18,20);2-5H,6H2,1H3,(H2,16,20)(H,17,19). The third-order valence-corrected chi connectivity index (χ3v) is 12.1. The van der Waals surface area contributed by atoms with Crippen molar-refractivity contribution in [2.24, 2.45) is 5.73 Å². The van der Waals surface area contributed by atoms with Crippen LogP contribution in [-0.4, -0.2) is 81.4 Å². The van der Waals surface area contributed by atoms with E-state index in [4.69, 9.17) is 61.6 Å². The molecule has 0 atom stereocenters. The van der Waals surface area contributed by atoms with E-state index in [0.717, 1.165) is 23.5 Å². The summed E-state index contributed by atoms with van der Waals surface area (Å²) >= 11 is 25.8. The molecular weight excluding hydrogens is 834 g/mol. The number of nitrogens with one attached hydrogen (secondary N) is 3. The highest BCUT2D eigenvalue weighted by Crippen LogP contribution is 2.33. The number of sulfonamides is 2. The van der Waals surface area contributed by atoms with Gasteiger partial charge in [-0.25, -0.2) is 36.8 Å². The van der Waals surface area contributed by atoms with Crippen LogP contribution in [0.2, 0.25) is 20.1 Å². The van der Waals surface area contributed by atoms with E-state index in [1.807, 2.05) is 0 Å². The molecule has 2 heterocycles. The summed E-state index contributed by atoms with van der Waals surface area (Å²) in [6.45, 7) is 0. The Morgan fingerprint density at radius 2 is 1.16 bits per heavy atom. The monoisotopic (exact) mass is 858 g/mol. The molecule has 0 aliphatic carbocycles. The molecule has 0 bridgehead atoms. The number of hydrogen-bond donors (Lipinski definition) is 4. The summed E-state index contributed by atoms with van der Waals surface area (Å²) in [6.07, 6.45) is 2.61. The molecule has 2 aromatic carbocycles. The van der Waals surface area contributed by atoms with Gasteiger partial charge in [-0.15, -0.1) is 0 Å². The van der Waals surface area contributed by atoms with Crippen LogP contribution in [0.3, 0.4) is 0 Å². The van der Waals surface area contributed by atoms with Gasteiger partial charge in [0.05, 0.1) is 58.2 Å². The van der Waals surface area contributed by atoms with Crippen LogP contribution >= 0.6 is 69.9 Å². The van der Waals surface area contributed by atoms with Crippen LogP contribution in [0.1, 0.15) is 0 Å². The van der Waals surface area contributed by atoms with Crippen LogP contribution in [0.5, 0.6) is 11.8 Å². The summed E-state index contributed by atoms with van der Waals surface area (Å²) in [5.41, 5.74) is 5.06. The normalized spacial score (nSPS) is 11.1. The first-order valence-corrected chi connectivity index (χ1v) is 20.0. The van der Waals surface area contributed by atoms with Gasteiger partial charge in [-0.1, -0.05) is 82.1 Å². The molecular formula is C27H26Cl4N8O8S4. The van der Waals surface area contributed by atoms with Gasteiger partial charge in [0.25, 0.3) is 31.8 Å². The van der Waals surface area contributed by atoms with Gasteiger partial charge in [0, 0.05) is 7.05 Å². The summed E-state index contributed by atoms with van der Waals surface area (Å²) in [5.74, 6) is -0.944. The molecule has 4 aromatic rings. The van der Waals surface area contributed by atoms with Gasteiger partial charge >= 0.3 is 0 Å². The highest BCUT2D eigenvalue weighted by Gasteiger charge is 2.24.